The van der Waals surface area contributed by atoms with Crippen molar-refractivity contribution in [2.75, 3.05) is 25.1 Å². The van der Waals surface area contributed by atoms with Crippen LogP contribution in [0.3, 0.4) is 0 Å². The summed E-state index contributed by atoms with van der Waals surface area (Å²) in [7, 11) is 0. The maximum absolute atomic E-state index is 12.1. The van der Waals surface area contributed by atoms with Crippen LogP contribution in [0, 0.1) is 0 Å². The van der Waals surface area contributed by atoms with Gasteiger partial charge in [0.05, 0.1) is 25.8 Å². The van der Waals surface area contributed by atoms with E-state index in [0.717, 1.165) is 0 Å². The second kappa shape index (κ2) is 7.79. The fourth-order valence-electron chi connectivity index (χ4n) is 2.10. The van der Waals surface area contributed by atoms with E-state index in [1.807, 2.05) is 0 Å². The molecule has 2 aromatic carbocycles. The minimum atomic E-state index is -0.430. The van der Waals surface area contributed by atoms with Crippen LogP contribution in [0.2, 0.25) is 20.1 Å². The molecule has 0 spiro atoms. The highest BCUT2D eigenvalue weighted by Gasteiger charge is 2.17. The Bertz CT molecular complexity index is 828. The minimum absolute atomic E-state index is 0.250. The van der Waals surface area contributed by atoms with Gasteiger partial charge < -0.3 is 19.5 Å². The van der Waals surface area contributed by atoms with E-state index in [0.29, 0.717) is 40.4 Å². The summed E-state index contributed by atoms with van der Waals surface area (Å²) in [6.45, 7) is 0.594. The lowest BCUT2D eigenvalue weighted by Gasteiger charge is -2.20. The smallest absolute Gasteiger partial charge is 0.262 e. The van der Waals surface area contributed by atoms with E-state index in [1.165, 1.54) is 12.1 Å². The van der Waals surface area contributed by atoms with Gasteiger partial charge in [-0.3, -0.25) is 4.79 Å². The molecule has 5 nitrogen and oxygen atoms in total. The van der Waals surface area contributed by atoms with Gasteiger partial charge in [0.25, 0.3) is 5.91 Å². The molecule has 1 N–H and O–H groups in total. The Hall–Kier alpha value is -1.53. The van der Waals surface area contributed by atoms with Crippen LogP contribution in [-0.4, -0.2) is 25.7 Å². The van der Waals surface area contributed by atoms with E-state index in [2.05, 4.69) is 5.32 Å². The van der Waals surface area contributed by atoms with Crippen LogP contribution in [0.15, 0.2) is 24.3 Å². The normalized spacial score (nSPS) is 12.6. The zero-order valence-electron chi connectivity index (χ0n) is 12.6. The van der Waals surface area contributed by atoms with Crippen molar-refractivity contribution in [1.82, 2.24) is 0 Å². The SMILES string of the molecule is O=C(COc1cc(Cl)c(Cl)cc1Cl)Nc1cc2c(cc1Cl)OCCO2. The monoisotopic (exact) mass is 421 g/mol. The van der Waals surface area contributed by atoms with Crippen LogP contribution in [0.25, 0.3) is 0 Å². The summed E-state index contributed by atoms with van der Waals surface area (Å²) in [4.78, 5) is 12.1. The highest BCUT2D eigenvalue weighted by atomic mass is 35.5. The number of carbonyl (C=O) groups excluding carboxylic acids is 1. The van der Waals surface area contributed by atoms with Gasteiger partial charge in [-0.25, -0.2) is 0 Å². The van der Waals surface area contributed by atoms with Crippen molar-refractivity contribution in [2.45, 2.75) is 0 Å². The number of anilines is 1. The van der Waals surface area contributed by atoms with E-state index in [-0.39, 0.29) is 22.4 Å². The van der Waals surface area contributed by atoms with Crippen LogP contribution in [-0.2, 0) is 4.79 Å². The quantitative estimate of drug-likeness (QED) is 0.697. The average molecular weight is 423 g/mol. The number of fused-ring (bicyclic) bond motifs is 1. The molecule has 0 aromatic heterocycles. The first-order chi connectivity index (χ1) is 11.9. The summed E-state index contributed by atoms with van der Waals surface area (Å²) in [5.74, 6) is 0.868. The minimum Gasteiger partial charge on any atom is -0.486 e. The van der Waals surface area contributed by atoms with Gasteiger partial charge in [-0.1, -0.05) is 46.4 Å². The number of amides is 1. The maximum Gasteiger partial charge on any atom is 0.262 e. The molecule has 0 unspecified atom stereocenters. The predicted octanol–water partition coefficient (Wildman–Crippen LogP) is 5.09. The molecule has 1 aliphatic heterocycles. The third-order valence-corrected chi connectivity index (χ3v) is 4.57. The first-order valence-electron chi connectivity index (χ1n) is 7.10. The number of hydrogen-bond acceptors (Lipinski definition) is 4. The van der Waals surface area contributed by atoms with Gasteiger partial charge in [-0.15, -0.1) is 0 Å². The average Bonchev–Trinajstić information content (AvgIpc) is 2.57. The molecule has 2 aromatic rings. The van der Waals surface area contributed by atoms with Crippen LogP contribution in [0.5, 0.6) is 17.2 Å². The van der Waals surface area contributed by atoms with E-state index >= 15 is 0 Å². The summed E-state index contributed by atoms with van der Waals surface area (Å²) < 4.78 is 16.3. The van der Waals surface area contributed by atoms with Crippen molar-refractivity contribution in [1.29, 1.82) is 0 Å². The molecule has 0 aliphatic carbocycles. The molecular formula is C16H11Cl4NO4. The summed E-state index contributed by atoms with van der Waals surface area (Å²) >= 11 is 23.9. The lowest BCUT2D eigenvalue weighted by Crippen LogP contribution is -2.21. The first-order valence-corrected chi connectivity index (χ1v) is 8.61. The number of ether oxygens (including phenoxy) is 3. The third-order valence-electron chi connectivity index (χ3n) is 3.24. The van der Waals surface area contributed by atoms with Crippen molar-refractivity contribution in [3.05, 3.63) is 44.4 Å². The lowest BCUT2D eigenvalue weighted by atomic mass is 10.2. The standard InChI is InChI=1S/C16H11Cl4NO4/c17-8-3-11(20)13(4-9(8)18)25-7-16(22)21-12-6-15-14(5-10(12)19)23-1-2-24-15/h3-6H,1-2,7H2,(H,21,22). The van der Waals surface area contributed by atoms with Gasteiger partial charge in [0.2, 0.25) is 0 Å². The highest BCUT2D eigenvalue weighted by Crippen LogP contribution is 2.38. The molecule has 0 atom stereocenters. The van der Waals surface area contributed by atoms with E-state index in [1.54, 1.807) is 12.1 Å². The van der Waals surface area contributed by atoms with Crippen molar-refractivity contribution in [3.8, 4) is 17.2 Å². The lowest BCUT2D eigenvalue weighted by molar-refractivity contribution is -0.118. The number of hydrogen-bond donors (Lipinski definition) is 1. The molecule has 0 fully saturated rings. The van der Waals surface area contributed by atoms with Gasteiger partial charge in [-0.2, -0.15) is 0 Å². The van der Waals surface area contributed by atoms with Crippen LogP contribution in [0.4, 0.5) is 5.69 Å². The number of rotatable bonds is 4. The molecule has 132 valence electrons. The second-order valence-electron chi connectivity index (χ2n) is 5.01. The molecule has 1 heterocycles. The summed E-state index contributed by atoms with van der Waals surface area (Å²) in [5, 5.41) is 3.79. The van der Waals surface area contributed by atoms with E-state index in [4.69, 9.17) is 60.6 Å². The summed E-state index contributed by atoms with van der Waals surface area (Å²) in [6.07, 6.45) is 0. The molecule has 3 rings (SSSR count). The molecule has 0 saturated carbocycles. The second-order valence-corrected chi connectivity index (χ2v) is 6.64. The molecule has 1 amide bonds. The molecule has 0 saturated heterocycles. The van der Waals surface area contributed by atoms with Gasteiger partial charge in [0.15, 0.2) is 18.1 Å². The zero-order chi connectivity index (χ0) is 18.0. The van der Waals surface area contributed by atoms with Crippen molar-refractivity contribution >= 4 is 58.0 Å². The third kappa shape index (κ3) is 4.36. The molecule has 0 radical (unpaired) electrons. The Balaban J connectivity index is 1.66. The van der Waals surface area contributed by atoms with E-state index in [9.17, 15) is 4.79 Å². The van der Waals surface area contributed by atoms with Crippen molar-refractivity contribution in [2.24, 2.45) is 0 Å². The molecule has 0 bridgehead atoms. The van der Waals surface area contributed by atoms with Gasteiger partial charge in [0, 0.05) is 18.2 Å². The number of halogens is 4. The van der Waals surface area contributed by atoms with Crippen LogP contribution in [0.1, 0.15) is 0 Å². The van der Waals surface area contributed by atoms with Crippen molar-refractivity contribution < 1.29 is 19.0 Å². The largest absolute Gasteiger partial charge is 0.486 e. The Morgan fingerprint density at radius 2 is 1.56 bits per heavy atom. The first kappa shape index (κ1) is 18.3. The predicted molar refractivity (Wildman–Crippen MR) is 98.0 cm³/mol. The zero-order valence-corrected chi connectivity index (χ0v) is 15.6. The Labute approximate surface area is 163 Å². The van der Waals surface area contributed by atoms with Gasteiger partial charge in [0.1, 0.15) is 19.0 Å². The summed E-state index contributed by atoms with van der Waals surface area (Å²) in [5.41, 5.74) is 0.389. The number of benzene rings is 2. The van der Waals surface area contributed by atoms with Crippen LogP contribution < -0.4 is 19.5 Å². The topological polar surface area (TPSA) is 56.8 Å². The summed E-state index contributed by atoms with van der Waals surface area (Å²) in [6, 6.07) is 6.07. The fraction of sp³-hybridized carbons (Fsp3) is 0.188. The van der Waals surface area contributed by atoms with Crippen molar-refractivity contribution in [3.63, 3.8) is 0 Å². The van der Waals surface area contributed by atoms with Gasteiger partial charge >= 0.3 is 0 Å². The molecular weight excluding hydrogens is 412 g/mol. The number of nitrogens with one attached hydrogen (secondary N) is 1. The Morgan fingerprint density at radius 3 is 2.28 bits per heavy atom. The van der Waals surface area contributed by atoms with Gasteiger partial charge in [-0.05, 0) is 6.07 Å². The highest BCUT2D eigenvalue weighted by molar-refractivity contribution is 6.43. The molecule has 1 aliphatic rings. The van der Waals surface area contributed by atoms with E-state index < -0.39 is 5.91 Å². The maximum atomic E-state index is 12.1. The Kier molecular flexibility index (Phi) is 5.69. The Morgan fingerprint density at radius 1 is 0.920 bits per heavy atom. The number of carbonyl (C=O) groups is 1. The van der Waals surface area contributed by atoms with Crippen LogP contribution >= 0.6 is 46.4 Å². The molecule has 25 heavy (non-hydrogen) atoms. The molecule has 9 heteroatoms. The fourth-order valence-corrected chi connectivity index (χ4v) is 2.90.